The Balaban J connectivity index is 3.41. The highest BCUT2D eigenvalue weighted by atomic mass is 16.5. The number of allylic oxidation sites excluding steroid dienone is 7. The van der Waals surface area contributed by atoms with Gasteiger partial charge in [-0.2, -0.15) is 0 Å². The number of aliphatic hydroxyl groups excluding tert-OH is 2. The summed E-state index contributed by atoms with van der Waals surface area (Å²) in [5.41, 5.74) is 0. The maximum atomic E-state index is 12.5. The van der Waals surface area contributed by atoms with E-state index in [2.05, 4.69) is 55.6 Å². The average molecular weight is 1170 g/mol. The Bertz CT molecular complexity index is 1390. The zero-order valence-electron chi connectivity index (χ0n) is 55.9. The topological polar surface area (TPSA) is 95.9 Å². The molecule has 0 rings (SSSR count). The molecule has 0 aliphatic heterocycles. The van der Waals surface area contributed by atoms with E-state index in [1.54, 1.807) is 6.08 Å². The van der Waals surface area contributed by atoms with Gasteiger partial charge in [-0.05, 0) is 89.9 Å². The molecule has 0 saturated heterocycles. The molecule has 0 aromatic heterocycles. The molecule has 3 N–H and O–H groups in total. The first-order valence-corrected chi connectivity index (χ1v) is 37.4. The van der Waals surface area contributed by atoms with Crippen molar-refractivity contribution >= 4 is 11.9 Å². The fourth-order valence-corrected chi connectivity index (χ4v) is 11.6. The molecule has 1 amide bonds. The summed E-state index contributed by atoms with van der Waals surface area (Å²) in [6, 6.07) is -0.629. The summed E-state index contributed by atoms with van der Waals surface area (Å²) >= 11 is 0. The highest BCUT2D eigenvalue weighted by molar-refractivity contribution is 5.76. The van der Waals surface area contributed by atoms with Crippen LogP contribution in [0.5, 0.6) is 0 Å². The SMILES string of the molecule is CCCCC/C=C\C/C=C\CCCCCCCC(=O)OCCCCCCCCCCCCCC/C=C\CCCCCCCCCCCCCCCC(=O)NC(CO)C(O)/C=C/CCCCCCCCCCCCCCCCCCCCCC. The fraction of sp³-hybridized carbons (Fsp3) is 0.870. The van der Waals surface area contributed by atoms with E-state index in [1.807, 2.05) is 6.08 Å². The normalized spacial score (nSPS) is 12.8. The Hall–Kier alpha value is -2.18. The first kappa shape index (κ1) is 80.8. The van der Waals surface area contributed by atoms with E-state index in [4.69, 9.17) is 4.74 Å². The third kappa shape index (κ3) is 68.8. The van der Waals surface area contributed by atoms with Gasteiger partial charge >= 0.3 is 5.97 Å². The summed E-state index contributed by atoms with van der Waals surface area (Å²) in [6.45, 7) is 4.91. The summed E-state index contributed by atoms with van der Waals surface area (Å²) < 4.78 is 5.49. The molecule has 0 spiro atoms. The lowest BCUT2D eigenvalue weighted by Gasteiger charge is -2.20. The summed E-state index contributed by atoms with van der Waals surface area (Å²) in [5, 5.41) is 23.3. The Morgan fingerprint density at radius 3 is 0.952 bits per heavy atom. The number of nitrogens with one attached hydrogen (secondary N) is 1. The van der Waals surface area contributed by atoms with Crippen molar-refractivity contribution in [1.29, 1.82) is 0 Å². The Morgan fingerprint density at radius 1 is 0.337 bits per heavy atom. The molecule has 0 aromatic carbocycles. The van der Waals surface area contributed by atoms with Gasteiger partial charge in [0.05, 0.1) is 25.4 Å². The van der Waals surface area contributed by atoms with Crippen molar-refractivity contribution in [2.24, 2.45) is 0 Å². The summed E-state index contributed by atoms with van der Waals surface area (Å²) in [4.78, 5) is 24.6. The van der Waals surface area contributed by atoms with Crippen molar-refractivity contribution in [2.75, 3.05) is 13.2 Å². The Morgan fingerprint density at radius 2 is 0.602 bits per heavy atom. The van der Waals surface area contributed by atoms with Crippen LogP contribution in [0.4, 0.5) is 0 Å². The van der Waals surface area contributed by atoms with Crippen LogP contribution in [0.1, 0.15) is 406 Å². The van der Waals surface area contributed by atoms with Crippen LogP contribution in [-0.4, -0.2) is 47.4 Å². The minimum absolute atomic E-state index is 0.00242. The predicted molar refractivity (Wildman–Crippen MR) is 366 cm³/mol. The number of carbonyl (C=O) groups excluding carboxylic acids is 2. The van der Waals surface area contributed by atoms with Gasteiger partial charge in [0.25, 0.3) is 0 Å². The number of aliphatic hydroxyl groups is 2. The number of hydrogen-bond acceptors (Lipinski definition) is 5. The van der Waals surface area contributed by atoms with Crippen molar-refractivity contribution in [2.45, 2.75) is 418 Å². The molecule has 0 fully saturated rings. The molecule has 0 heterocycles. The molecular formula is C77H145NO5. The standard InChI is InChI=1S/C77H145NO5/c1-3-5-7-9-11-13-15-17-19-20-21-22-32-35-38-42-45-49-53-57-61-65-69-75(80)74(73-79)78-76(81)70-66-62-58-54-50-46-43-39-36-33-30-28-26-24-23-25-27-29-31-34-37-40-44-48-52-56-60-64-68-72-83-77(82)71-67-63-59-55-51-47-41-18-16-14-12-10-8-6-4-2/h12,14,18,23,25,41,65,69,74-75,79-80H,3-11,13,15-17,19-22,24,26-40,42-64,66-68,70-73H2,1-2H3,(H,78,81)/b14-12-,25-23-,41-18-,69-65+. The van der Waals surface area contributed by atoms with Crippen LogP contribution in [0.15, 0.2) is 48.6 Å². The number of carbonyl (C=O) groups is 2. The molecule has 2 unspecified atom stereocenters. The minimum Gasteiger partial charge on any atom is -0.466 e. The quantitative estimate of drug-likeness (QED) is 0.0320. The summed E-state index contributed by atoms with van der Waals surface area (Å²) in [7, 11) is 0. The van der Waals surface area contributed by atoms with Crippen LogP contribution >= 0.6 is 0 Å². The van der Waals surface area contributed by atoms with E-state index in [1.165, 1.54) is 327 Å². The number of unbranched alkanes of at least 4 members (excludes halogenated alkanes) is 53. The van der Waals surface area contributed by atoms with Gasteiger partial charge in [0, 0.05) is 12.8 Å². The van der Waals surface area contributed by atoms with Gasteiger partial charge in [-0.15, -0.1) is 0 Å². The second-order valence-corrected chi connectivity index (χ2v) is 25.6. The summed E-state index contributed by atoms with van der Waals surface area (Å²) in [6.07, 6.45) is 94.9. The van der Waals surface area contributed by atoms with Gasteiger partial charge in [-0.3, -0.25) is 9.59 Å². The molecule has 0 radical (unpaired) electrons. The summed E-state index contributed by atoms with van der Waals surface area (Å²) in [5.74, 6) is -0.0610. The monoisotopic (exact) mass is 1160 g/mol. The molecule has 0 aliphatic rings. The van der Waals surface area contributed by atoms with E-state index in [9.17, 15) is 19.8 Å². The van der Waals surface area contributed by atoms with Gasteiger partial charge in [0.15, 0.2) is 0 Å². The molecule has 488 valence electrons. The van der Waals surface area contributed by atoms with Crippen molar-refractivity contribution in [3.8, 4) is 0 Å². The fourth-order valence-electron chi connectivity index (χ4n) is 11.6. The Kier molecular flexibility index (Phi) is 70.4. The first-order valence-electron chi connectivity index (χ1n) is 37.4. The molecule has 83 heavy (non-hydrogen) atoms. The molecule has 0 aliphatic carbocycles. The van der Waals surface area contributed by atoms with Crippen LogP contribution in [0.25, 0.3) is 0 Å². The number of hydrogen-bond donors (Lipinski definition) is 3. The smallest absolute Gasteiger partial charge is 0.305 e. The van der Waals surface area contributed by atoms with Crippen molar-refractivity contribution < 1.29 is 24.5 Å². The second-order valence-electron chi connectivity index (χ2n) is 25.6. The zero-order chi connectivity index (χ0) is 59.9. The van der Waals surface area contributed by atoms with Gasteiger partial charge in [-0.1, -0.05) is 351 Å². The maximum absolute atomic E-state index is 12.5. The van der Waals surface area contributed by atoms with E-state index >= 15 is 0 Å². The number of esters is 1. The Labute approximate surface area is 518 Å². The molecule has 6 nitrogen and oxygen atoms in total. The molecule has 0 aromatic rings. The van der Waals surface area contributed by atoms with E-state index in [-0.39, 0.29) is 18.5 Å². The molecule has 0 bridgehead atoms. The van der Waals surface area contributed by atoms with Crippen LogP contribution in [0.2, 0.25) is 0 Å². The largest absolute Gasteiger partial charge is 0.466 e. The van der Waals surface area contributed by atoms with E-state index < -0.39 is 12.1 Å². The van der Waals surface area contributed by atoms with Gasteiger partial charge in [-0.25, -0.2) is 0 Å². The lowest BCUT2D eigenvalue weighted by atomic mass is 10.0. The highest BCUT2D eigenvalue weighted by Gasteiger charge is 2.18. The maximum Gasteiger partial charge on any atom is 0.305 e. The number of ether oxygens (including phenoxy) is 1. The third-order valence-electron chi connectivity index (χ3n) is 17.3. The van der Waals surface area contributed by atoms with Gasteiger partial charge < -0.3 is 20.3 Å². The van der Waals surface area contributed by atoms with Crippen LogP contribution in [0.3, 0.4) is 0 Å². The zero-order valence-corrected chi connectivity index (χ0v) is 55.9. The van der Waals surface area contributed by atoms with E-state index in [0.717, 1.165) is 51.4 Å². The molecule has 0 saturated carbocycles. The van der Waals surface area contributed by atoms with Crippen LogP contribution in [0, 0.1) is 0 Å². The first-order chi connectivity index (χ1) is 41.0. The number of amides is 1. The molecular weight excluding hydrogens is 1020 g/mol. The van der Waals surface area contributed by atoms with Gasteiger partial charge in [0.1, 0.15) is 0 Å². The van der Waals surface area contributed by atoms with Gasteiger partial charge in [0.2, 0.25) is 5.91 Å². The highest BCUT2D eigenvalue weighted by Crippen LogP contribution is 2.19. The van der Waals surface area contributed by atoms with Crippen molar-refractivity contribution in [1.82, 2.24) is 5.32 Å². The minimum atomic E-state index is -0.846. The predicted octanol–water partition coefficient (Wildman–Crippen LogP) is 24.4. The molecule has 6 heteroatoms. The molecule has 2 atom stereocenters. The van der Waals surface area contributed by atoms with Crippen LogP contribution in [-0.2, 0) is 14.3 Å². The van der Waals surface area contributed by atoms with Crippen molar-refractivity contribution in [3.63, 3.8) is 0 Å². The van der Waals surface area contributed by atoms with Crippen LogP contribution < -0.4 is 5.32 Å². The third-order valence-corrected chi connectivity index (χ3v) is 17.3. The number of rotatable bonds is 70. The van der Waals surface area contributed by atoms with E-state index in [0.29, 0.717) is 19.4 Å². The lowest BCUT2D eigenvalue weighted by molar-refractivity contribution is -0.143. The lowest BCUT2D eigenvalue weighted by Crippen LogP contribution is -2.45. The van der Waals surface area contributed by atoms with Crippen molar-refractivity contribution in [3.05, 3.63) is 48.6 Å². The second kappa shape index (κ2) is 72.3. The average Bonchev–Trinajstić information content (AvgIpc) is 3.49.